The Kier molecular flexibility index (Phi) is 4.72. The Morgan fingerprint density at radius 3 is 3.00 bits per heavy atom. The molecule has 1 fully saturated rings. The van der Waals surface area contributed by atoms with Crippen molar-refractivity contribution in [1.82, 2.24) is 5.32 Å². The van der Waals surface area contributed by atoms with E-state index in [4.69, 9.17) is 0 Å². The highest BCUT2D eigenvalue weighted by Gasteiger charge is 2.16. The van der Waals surface area contributed by atoms with Crippen LogP contribution in [0.1, 0.15) is 31.2 Å². The maximum absolute atomic E-state index is 11.6. The maximum atomic E-state index is 11.6. The van der Waals surface area contributed by atoms with Crippen LogP contribution in [0.2, 0.25) is 0 Å². The standard InChI is InChI=1S/C12H17NOS2/c14-12(9-16-11-3-1-2-4-11)13-7-10-5-6-15-8-10/h5-6,8,11H,1-4,7,9H2,(H,13,14). The Labute approximate surface area is 105 Å². The van der Waals surface area contributed by atoms with Gasteiger partial charge in [0.05, 0.1) is 5.75 Å². The zero-order valence-electron chi connectivity index (χ0n) is 9.28. The van der Waals surface area contributed by atoms with Crippen LogP contribution in [0.3, 0.4) is 0 Å². The van der Waals surface area contributed by atoms with E-state index < -0.39 is 0 Å². The van der Waals surface area contributed by atoms with Gasteiger partial charge in [0.2, 0.25) is 5.91 Å². The lowest BCUT2D eigenvalue weighted by Crippen LogP contribution is -2.25. The second kappa shape index (κ2) is 6.30. The van der Waals surface area contributed by atoms with Crippen LogP contribution >= 0.6 is 23.1 Å². The van der Waals surface area contributed by atoms with Crippen LogP contribution in [-0.2, 0) is 11.3 Å². The molecule has 0 saturated heterocycles. The number of thioether (sulfide) groups is 1. The highest BCUT2D eigenvalue weighted by atomic mass is 32.2. The van der Waals surface area contributed by atoms with Crippen LogP contribution in [-0.4, -0.2) is 16.9 Å². The summed E-state index contributed by atoms with van der Waals surface area (Å²) in [6, 6.07) is 2.05. The summed E-state index contributed by atoms with van der Waals surface area (Å²) < 4.78 is 0. The molecule has 1 aromatic heterocycles. The van der Waals surface area contributed by atoms with Gasteiger partial charge in [-0.2, -0.15) is 11.3 Å². The molecule has 1 aromatic rings. The number of hydrogen-bond donors (Lipinski definition) is 1. The Morgan fingerprint density at radius 2 is 2.31 bits per heavy atom. The average molecular weight is 255 g/mol. The van der Waals surface area contributed by atoms with E-state index in [1.54, 1.807) is 11.3 Å². The predicted octanol–water partition coefficient (Wildman–Crippen LogP) is 3.04. The Balaban J connectivity index is 1.60. The fourth-order valence-electron chi connectivity index (χ4n) is 1.89. The van der Waals surface area contributed by atoms with E-state index in [1.807, 2.05) is 17.1 Å². The van der Waals surface area contributed by atoms with Crippen molar-refractivity contribution in [3.8, 4) is 0 Å². The molecule has 88 valence electrons. The van der Waals surface area contributed by atoms with Crippen LogP contribution < -0.4 is 5.32 Å². The van der Waals surface area contributed by atoms with Gasteiger partial charge in [0.15, 0.2) is 0 Å². The van der Waals surface area contributed by atoms with Crippen molar-refractivity contribution in [3.05, 3.63) is 22.4 Å². The largest absolute Gasteiger partial charge is 0.351 e. The van der Waals surface area contributed by atoms with Crippen molar-refractivity contribution >= 4 is 29.0 Å². The number of nitrogens with one attached hydrogen (secondary N) is 1. The SMILES string of the molecule is O=C(CSC1CCCC1)NCc1ccsc1. The summed E-state index contributed by atoms with van der Waals surface area (Å²) in [5.41, 5.74) is 1.20. The van der Waals surface area contributed by atoms with Crippen molar-refractivity contribution < 1.29 is 4.79 Å². The molecule has 0 atom stereocenters. The Morgan fingerprint density at radius 1 is 1.50 bits per heavy atom. The van der Waals surface area contributed by atoms with Gasteiger partial charge in [0.1, 0.15) is 0 Å². The summed E-state index contributed by atoms with van der Waals surface area (Å²) in [5.74, 6) is 0.789. The third-order valence-electron chi connectivity index (χ3n) is 2.82. The molecule has 0 unspecified atom stereocenters. The number of rotatable bonds is 5. The van der Waals surface area contributed by atoms with Gasteiger partial charge in [0, 0.05) is 11.8 Å². The van der Waals surface area contributed by atoms with Gasteiger partial charge >= 0.3 is 0 Å². The quantitative estimate of drug-likeness (QED) is 0.876. The minimum absolute atomic E-state index is 0.170. The molecule has 1 N–H and O–H groups in total. The Bertz CT molecular complexity index is 318. The first-order valence-corrected chi connectivity index (χ1v) is 7.73. The minimum Gasteiger partial charge on any atom is -0.351 e. The normalized spacial score (nSPS) is 16.5. The van der Waals surface area contributed by atoms with Crippen molar-refractivity contribution in [2.45, 2.75) is 37.5 Å². The molecule has 1 amide bonds. The second-order valence-electron chi connectivity index (χ2n) is 4.13. The van der Waals surface area contributed by atoms with E-state index in [2.05, 4.69) is 16.8 Å². The predicted molar refractivity (Wildman–Crippen MR) is 70.9 cm³/mol. The molecule has 0 aliphatic heterocycles. The summed E-state index contributed by atoms with van der Waals surface area (Å²) >= 11 is 3.49. The molecule has 1 heterocycles. The molecular formula is C12H17NOS2. The number of hydrogen-bond acceptors (Lipinski definition) is 3. The molecule has 2 nitrogen and oxygen atoms in total. The first kappa shape index (κ1) is 12.0. The zero-order chi connectivity index (χ0) is 11.2. The third kappa shape index (κ3) is 3.83. The van der Waals surface area contributed by atoms with Gasteiger partial charge < -0.3 is 5.32 Å². The highest BCUT2D eigenvalue weighted by molar-refractivity contribution is 8.00. The highest BCUT2D eigenvalue weighted by Crippen LogP contribution is 2.28. The maximum Gasteiger partial charge on any atom is 0.230 e. The van der Waals surface area contributed by atoms with Crippen molar-refractivity contribution in [3.63, 3.8) is 0 Å². The number of thiophene rings is 1. The Hall–Kier alpha value is -0.480. The molecule has 1 saturated carbocycles. The molecule has 4 heteroatoms. The summed E-state index contributed by atoms with van der Waals surface area (Å²) in [5, 5.41) is 7.79. The van der Waals surface area contributed by atoms with E-state index >= 15 is 0 Å². The first-order chi connectivity index (χ1) is 7.84. The zero-order valence-corrected chi connectivity index (χ0v) is 10.9. The lowest BCUT2D eigenvalue weighted by Gasteiger charge is -2.08. The first-order valence-electron chi connectivity index (χ1n) is 5.74. The van der Waals surface area contributed by atoms with Crippen LogP contribution in [0.5, 0.6) is 0 Å². The van der Waals surface area contributed by atoms with Crippen LogP contribution in [0.15, 0.2) is 16.8 Å². The fraction of sp³-hybridized carbons (Fsp3) is 0.583. The minimum atomic E-state index is 0.170. The van der Waals surface area contributed by atoms with Crippen LogP contribution in [0.25, 0.3) is 0 Å². The lowest BCUT2D eigenvalue weighted by molar-refractivity contribution is -0.118. The molecule has 1 aliphatic carbocycles. The summed E-state index contributed by atoms with van der Waals surface area (Å²) in [7, 11) is 0. The second-order valence-corrected chi connectivity index (χ2v) is 6.19. The monoisotopic (exact) mass is 255 g/mol. The number of carbonyl (C=O) groups is 1. The molecule has 0 aromatic carbocycles. The van der Waals surface area contributed by atoms with Gasteiger partial charge in [-0.05, 0) is 35.2 Å². The summed E-state index contributed by atoms with van der Waals surface area (Å²) in [6.07, 6.45) is 5.27. The van der Waals surface area contributed by atoms with E-state index in [-0.39, 0.29) is 5.91 Å². The molecule has 2 rings (SSSR count). The molecule has 0 spiro atoms. The number of carbonyl (C=O) groups excluding carboxylic acids is 1. The van der Waals surface area contributed by atoms with Gasteiger partial charge in [-0.25, -0.2) is 0 Å². The van der Waals surface area contributed by atoms with E-state index in [1.165, 1.54) is 31.2 Å². The molecule has 0 radical (unpaired) electrons. The summed E-state index contributed by atoms with van der Waals surface area (Å²) in [4.78, 5) is 11.6. The summed E-state index contributed by atoms with van der Waals surface area (Å²) in [6.45, 7) is 0.674. The van der Waals surface area contributed by atoms with Crippen molar-refractivity contribution in [2.75, 3.05) is 5.75 Å². The van der Waals surface area contributed by atoms with Crippen molar-refractivity contribution in [2.24, 2.45) is 0 Å². The smallest absolute Gasteiger partial charge is 0.230 e. The molecule has 16 heavy (non-hydrogen) atoms. The van der Waals surface area contributed by atoms with Gasteiger partial charge in [-0.3, -0.25) is 4.79 Å². The van der Waals surface area contributed by atoms with Crippen LogP contribution in [0, 0.1) is 0 Å². The molecule has 1 aliphatic rings. The average Bonchev–Trinajstić information content (AvgIpc) is 2.96. The van der Waals surface area contributed by atoms with Gasteiger partial charge in [-0.1, -0.05) is 12.8 Å². The fourth-order valence-corrected chi connectivity index (χ4v) is 3.72. The van der Waals surface area contributed by atoms with Crippen molar-refractivity contribution in [1.29, 1.82) is 0 Å². The lowest BCUT2D eigenvalue weighted by atomic mass is 10.3. The van der Waals surface area contributed by atoms with E-state index in [0.717, 1.165) is 5.25 Å². The van der Waals surface area contributed by atoms with Gasteiger partial charge in [0.25, 0.3) is 0 Å². The topological polar surface area (TPSA) is 29.1 Å². The third-order valence-corrected chi connectivity index (χ3v) is 4.93. The molecule has 0 bridgehead atoms. The molecular weight excluding hydrogens is 238 g/mol. The van der Waals surface area contributed by atoms with E-state index in [9.17, 15) is 4.79 Å². The van der Waals surface area contributed by atoms with Gasteiger partial charge in [-0.15, -0.1) is 11.8 Å². The van der Waals surface area contributed by atoms with E-state index in [0.29, 0.717) is 12.3 Å². The number of amides is 1. The van der Waals surface area contributed by atoms with Crippen LogP contribution in [0.4, 0.5) is 0 Å².